The van der Waals surface area contributed by atoms with Crippen LogP contribution in [0.25, 0.3) is 0 Å². The molecule has 0 atom stereocenters. The van der Waals surface area contributed by atoms with Crippen molar-refractivity contribution in [2.75, 3.05) is 19.8 Å². The lowest BCUT2D eigenvalue weighted by Gasteiger charge is -2.41. The lowest BCUT2D eigenvalue weighted by Crippen LogP contribution is -2.52. The van der Waals surface area contributed by atoms with Gasteiger partial charge in [-0.3, -0.25) is 4.79 Å². The highest BCUT2D eigenvalue weighted by Gasteiger charge is 2.40. The number of ether oxygens (including phenoxy) is 1. The van der Waals surface area contributed by atoms with Crippen LogP contribution in [0.15, 0.2) is 0 Å². The van der Waals surface area contributed by atoms with Crippen molar-refractivity contribution in [3.63, 3.8) is 0 Å². The maximum Gasteiger partial charge on any atom is 0.227 e. The summed E-state index contributed by atoms with van der Waals surface area (Å²) in [6.07, 6.45) is 7.41. The van der Waals surface area contributed by atoms with Crippen LogP contribution in [0.4, 0.5) is 0 Å². The first-order chi connectivity index (χ1) is 10.4. The minimum atomic E-state index is -0.391. The largest absolute Gasteiger partial charge is 0.381 e. The fourth-order valence-corrected chi connectivity index (χ4v) is 3.93. The van der Waals surface area contributed by atoms with Gasteiger partial charge in [-0.05, 0) is 49.9 Å². The van der Waals surface area contributed by atoms with Crippen LogP contribution in [-0.4, -0.2) is 31.7 Å². The molecule has 2 fully saturated rings. The van der Waals surface area contributed by atoms with Gasteiger partial charge in [-0.1, -0.05) is 27.2 Å². The topological polar surface area (TPSA) is 64.4 Å². The molecule has 0 aromatic rings. The summed E-state index contributed by atoms with van der Waals surface area (Å²) in [5, 5.41) is 3.30. The zero-order valence-electron chi connectivity index (χ0n) is 14.6. The molecule has 4 nitrogen and oxygen atoms in total. The molecule has 0 radical (unpaired) electrons. The van der Waals surface area contributed by atoms with Crippen LogP contribution in [0.1, 0.15) is 65.7 Å². The normalized spacial score (nSPS) is 29.1. The molecule has 2 aliphatic rings. The number of carbonyl (C=O) groups is 1. The van der Waals surface area contributed by atoms with Gasteiger partial charge in [0.1, 0.15) is 0 Å². The smallest absolute Gasteiger partial charge is 0.227 e. The van der Waals surface area contributed by atoms with Gasteiger partial charge in [0.15, 0.2) is 0 Å². The van der Waals surface area contributed by atoms with Crippen LogP contribution in [0.5, 0.6) is 0 Å². The molecule has 2 rings (SSSR count). The fourth-order valence-electron chi connectivity index (χ4n) is 3.93. The second kappa shape index (κ2) is 7.31. The van der Waals surface area contributed by atoms with Crippen molar-refractivity contribution < 1.29 is 9.53 Å². The first kappa shape index (κ1) is 17.7. The molecule has 1 amide bonds. The van der Waals surface area contributed by atoms with E-state index in [4.69, 9.17) is 10.5 Å². The second-order valence-corrected chi connectivity index (χ2v) is 7.96. The maximum absolute atomic E-state index is 12.7. The summed E-state index contributed by atoms with van der Waals surface area (Å²) in [5.41, 5.74) is 5.96. The minimum Gasteiger partial charge on any atom is -0.381 e. The van der Waals surface area contributed by atoms with Crippen molar-refractivity contribution in [1.82, 2.24) is 5.32 Å². The number of hydrogen-bond acceptors (Lipinski definition) is 3. The lowest BCUT2D eigenvalue weighted by molar-refractivity contribution is -0.137. The number of nitrogens with two attached hydrogens (primary N) is 1. The van der Waals surface area contributed by atoms with E-state index in [9.17, 15) is 4.79 Å². The van der Waals surface area contributed by atoms with E-state index >= 15 is 0 Å². The SMILES string of the molecule is CCC(C)(C)C1CCC(NC(=O)C2(CN)CCOCC2)CC1. The molecule has 0 spiro atoms. The van der Waals surface area contributed by atoms with E-state index in [1.807, 2.05) is 0 Å². The van der Waals surface area contributed by atoms with Gasteiger partial charge in [0.2, 0.25) is 5.91 Å². The van der Waals surface area contributed by atoms with E-state index in [0.717, 1.165) is 31.6 Å². The third kappa shape index (κ3) is 3.83. The average Bonchev–Trinajstić information content (AvgIpc) is 2.56. The summed E-state index contributed by atoms with van der Waals surface area (Å²) in [5.74, 6) is 0.953. The highest BCUT2D eigenvalue weighted by molar-refractivity contribution is 5.83. The number of amides is 1. The molecular formula is C18H34N2O2. The third-order valence-electron chi connectivity index (χ3n) is 6.40. The van der Waals surface area contributed by atoms with Crippen LogP contribution < -0.4 is 11.1 Å². The highest BCUT2D eigenvalue weighted by Crippen LogP contribution is 2.40. The van der Waals surface area contributed by atoms with Crippen molar-refractivity contribution >= 4 is 5.91 Å². The zero-order valence-corrected chi connectivity index (χ0v) is 14.6. The van der Waals surface area contributed by atoms with E-state index in [2.05, 4.69) is 26.1 Å². The van der Waals surface area contributed by atoms with E-state index in [0.29, 0.717) is 31.2 Å². The molecule has 128 valence electrons. The molecular weight excluding hydrogens is 276 g/mol. The predicted octanol–water partition coefficient (Wildman–Crippen LogP) is 2.85. The first-order valence-corrected chi connectivity index (χ1v) is 9.02. The van der Waals surface area contributed by atoms with E-state index in [-0.39, 0.29) is 5.91 Å². The van der Waals surface area contributed by atoms with Crippen LogP contribution in [0.3, 0.4) is 0 Å². The number of nitrogens with one attached hydrogen (secondary N) is 1. The number of hydrogen-bond donors (Lipinski definition) is 2. The summed E-state index contributed by atoms with van der Waals surface area (Å²) >= 11 is 0. The van der Waals surface area contributed by atoms with Crippen LogP contribution >= 0.6 is 0 Å². The van der Waals surface area contributed by atoms with E-state index in [1.54, 1.807) is 0 Å². The monoisotopic (exact) mass is 310 g/mol. The molecule has 4 heteroatoms. The molecule has 1 aliphatic carbocycles. The Kier molecular flexibility index (Phi) is 5.89. The lowest BCUT2D eigenvalue weighted by atomic mass is 9.68. The summed E-state index contributed by atoms with van der Waals surface area (Å²) in [4.78, 5) is 12.7. The van der Waals surface area contributed by atoms with Crippen LogP contribution in [0, 0.1) is 16.7 Å². The molecule has 22 heavy (non-hydrogen) atoms. The molecule has 1 saturated carbocycles. The standard InChI is InChI=1S/C18H34N2O2/c1-4-17(2,3)14-5-7-15(8-6-14)20-16(21)18(13-19)9-11-22-12-10-18/h14-15H,4-13,19H2,1-3H3,(H,20,21). The molecule has 0 aromatic heterocycles. The van der Waals surface area contributed by atoms with Gasteiger partial charge in [0, 0.05) is 25.8 Å². The zero-order chi connectivity index (χ0) is 16.2. The van der Waals surface area contributed by atoms with Crippen molar-refractivity contribution in [2.24, 2.45) is 22.5 Å². The fraction of sp³-hybridized carbons (Fsp3) is 0.944. The van der Waals surface area contributed by atoms with E-state index in [1.165, 1.54) is 19.3 Å². The van der Waals surface area contributed by atoms with Crippen molar-refractivity contribution in [2.45, 2.75) is 71.8 Å². The quantitative estimate of drug-likeness (QED) is 0.820. The Bertz CT molecular complexity index is 367. The third-order valence-corrected chi connectivity index (χ3v) is 6.40. The Morgan fingerprint density at radius 3 is 2.32 bits per heavy atom. The van der Waals surface area contributed by atoms with Gasteiger partial charge in [-0.2, -0.15) is 0 Å². The van der Waals surface area contributed by atoms with Crippen molar-refractivity contribution in [3.05, 3.63) is 0 Å². The molecule has 0 unspecified atom stereocenters. The Morgan fingerprint density at radius 1 is 1.23 bits per heavy atom. The van der Waals surface area contributed by atoms with Gasteiger partial charge in [-0.15, -0.1) is 0 Å². The second-order valence-electron chi connectivity index (χ2n) is 7.96. The Morgan fingerprint density at radius 2 is 1.82 bits per heavy atom. The van der Waals surface area contributed by atoms with Crippen LogP contribution in [-0.2, 0) is 9.53 Å². The minimum absolute atomic E-state index is 0.163. The molecule has 1 saturated heterocycles. The van der Waals surface area contributed by atoms with Gasteiger partial charge < -0.3 is 15.8 Å². The Labute approximate surface area is 135 Å². The van der Waals surface area contributed by atoms with Crippen molar-refractivity contribution in [3.8, 4) is 0 Å². The molecule has 1 aliphatic heterocycles. The van der Waals surface area contributed by atoms with Gasteiger partial charge in [-0.25, -0.2) is 0 Å². The maximum atomic E-state index is 12.7. The van der Waals surface area contributed by atoms with Gasteiger partial charge >= 0.3 is 0 Å². The molecule has 1 heterocycles. The molecule has 0 aromatic carbocycles. The summed E-state index contributed by atoms with van der Waals surface area (Å²) in [6.45, 7) is 8.78. The number of carbonyl (C=O) groups excluding carboxylic acids is 1. The Hall–Kier alpha value is -0.610. The summed E-state index contributed by atoms with van der Waals surface area (Å²) in [7, 11) is 0. The van der Waals surface area contributed by atoms with Gasteiger partial charge in [0.25, 0.3) is 0 Å². The molecule has 0 bridgehead atoms. The van der Waals surface area contributed by atoms with Gasteiger partial charge in [0.05, 0.1) is 5.41 Å². The van der Waals surface area contributed by atoms with Crippen molar-refractivity contribution in [1.29, 1.82) is 0 Å². The predicted molar refractivity (Wildman–Crippen MR) is 89.5 cm³/mol. The van der Waals surface area contributed by atoms with Crippen LogP contribution in [0.2, 0.25) is 0 Å². The summed E-state index contributed by atoms with van der Waals surface area (Å²) in [6, 6.07) is 0.336. The number of rotatable bonds is 5. The average molecular weight is 310 g/mol. The highest BCUT2D eigenvalue weighted by atomic mass is 16.5. The Balaban J connectivity index is 1.86. The van der Waals surface area contributed by atoms with E-state index < -0.39 is 5.41 Å². The summed E-state index contributed by atoms with van der Waals surface area (Å²) < 4.78 is 5.40. The molecule has 3 N–H and O–H groups in total. The first-order valence-electron chi connectivity index (χ1n) is 9.02.